The number of rotatable bonds is 7. The molecule has 29 heavy (non-hydrogen) atoms. The van der Waals surface area contributed by atoms with Crippen molar-refractivity contribution in [3.63, 3.8) is 0 Å². The highest BCUT2D eigenvalue weighted by Crippen LogP contribution is 2.25. The van der Waals surface area contributed by atoms with Crippen LogP contribution in [0.4, 0.5) is 10.5 Å². The number of carbonyl (C=O) groups excluding carboxylic acids is 3. The number of benzene rings is 1. The monoisotopic (exact) mass is 422 g/mol. The summed E-state index contributed by atoms with van der Waals surface area (Å²) in [6, 6.07) is 5.09. The van der Waals surface area contributed by atoms with Crippen LogP contribution in [0, 0.1) is 12.8 Å². The summed E-state index contributed by atoms with van der Waals surface area (Å²) in [6.45, 7) is 5.94. The van der Waals surface area contributed by atoms with Crippen LogP contribution in [0.5, 0.6) is 0 Å². The number of urea groups is 1. The van der Waals surface area contributed by atoms with Gasteiger partial charge >= 0.3 is 6.03 Å². The molecular formula is C21H31ClN4O3. The minimum atomic E-state index is -0.313. The highest BCUT2D eigenvalue weighted by atomic mass is 35.5. The first-order chi connectivity index (χ1) is 13.8. The van der Waals surface area contributed by atoms with E-state index in [-0.39, 0.29) is 48.8 Å². The Morgan fingerprint density at radius 2 is 1.97 bits per heavy atom. The van der Waals surface area contributed by atoms with Crippen molar-refractivity contribution in [2.75, 3.05) is 11.9 Å². The molecule has 0 aliphatic heterocycles. The SMILES string of the molecule is Cc1c(Cl)cccc1NC(=O)CCNC(=O)NC1CCCC(C(=O)NC(C)C)C1. The highest BCUT2D eigenvalue weighted by molar-refractivity contribution is 6.31. The Morgan fingerprint density at radius 3 is 2.69 bits per heavy atom. The maximum Gasteiger partial charge on any atom is 0.315 e. The normalized spacial score (nSPS) is 18.8. The van der Waals surface area contributed by atoms with E-state index < -0.39 is 0 Å². The Kier molecular flexibility index (Phi) is 8.76. The Bertz CT molecular complexity index is 739. The van der Waals surface area contributed by atoms with Gasteiger partial charge < -0.3 is 21.3 Å². The minimum Gasteiger partial charge on any atom is -0.354 e. The van der Waals surface area contributed by atoms with E-state index in [4.69, 9.17) is 11.6 Å². The van der Waals surface area contributed by atoms with Gasteiger partial charge in [0.1, 0.15) is 0 Å². The lowest BCUT2D eigenvalue weighted by molar-refractivity contribution is -0.126. The van der Waals surface area contributed by atoms with Crippen molar-refractivity contribution < 1.29 is 14.4 Å². The Morgan fingerprint density at radius 1 is 1.21 bits per heavy atom. The number of hydrogen-bond acceptors (Lipinski definition) is 3. The molecule has 2 unspecified atom stereocenters. The third-order valence-corrected chi connectivity index (χ3v) is 5.40. The van der Waals surface area contributed by atoms with Gasteiger partial charge in [-0.25, -0.2) is 4.79 Å². The summed E-state index contributed by atoms with van der Waals surface area (Å²) in [6.07, 6.45) is 3.40. The zero-order valence-corrected chi connectivity index (χ0v) is 18.1. The van der Waals surface area contributed by atoms with Gasteiger partial charge in [0, 0.05) is 41.7 Å². The fourth-order valence-electron chi connectivity index (χ4n) is 3.44. The van der Waals surface area contributed by atoms with E-state index in [9.17, 15) is 14.4 Å². The summed E-state index contributed by atoms with van der Waals surface area (Å²) >= 11 is 6.05. The van der Waals surface area contributed by atoms with Gasteiger partial charge in [-0.15, -0.1) is 0 Å². The van der Waals surface area contributed by atoms with Gasteiger partial charge in [0.05, 0.1) is 0 Å². The predicted octanol–water partition coefficient (Wildman–Crippen LogP) is 3.36. The second-order valence-corrected chi connectivity index (χ2v) is 8.24. The second-order valence-electron chi connectivity index (χ2n) is 7.83. The van der Waals surface area contributed by atoms with Gasteiger partial charge in [-0.1, -0.05) is 24.1 Å². The second kappa shape index (κ2) is 11.0. The number of nitrogens with one attached hydrogen (secondary N) is 4. The summed E-state index contributed by atoms with van der Waals surface area (Å²) in [5.41, 5.74) is 1.47. The van der Waals surface area contributed by atoms with Crippen LogP contribution < -0.4 is 21.3 Å². The van der Waals surface area contributed by atoms with E-state index in [1.807, 2.05) is 20.8 Å². The molecular weight excluding hydrogens is 392 g/mol. The van der Waals surface area contributed by atoms with E-state index in [0.717, 1.165) is 24.8 Å². The molecule has 2 atom stereocenters. The number of hydrogen-bond donors (Lipinski definition) is 4. The third kappa shape index (κ3) is 7.57. The Labute approximate surface area is 177 Å². The van der Waals surface area contributed by atoms with Crippen molar-refractivity contribution in [1.29, 1.82) is 0 Å². The van der Waals surface area contributed by atoms with Crippen LogP contribution in [0.3, 0.4) is 0 Å². The molecule has 160 valence electrons. The van der Waals surface area contributed by atoms with Crippen molar-refractivity contribution in [3.8, 4) is 0 Å². The molecule has 0 radical (unpaired) electrons. The van der Waals surface area contributed by atoms with Crippen LogP contribution in [0.2, 0.25) is 5.02 Å². The molecule has 4 amide bonds. The van der Waals surface area contributed by atoms with Crippen molar-refractivity contribution in [2.45, 2.75) is 65.0 Å². The fraction of sp³-hybridized carbons (Fsp3) is 0.571. The van der Waals surface area contributed by atoms with Crippen molar-refractivity contribution in [1.82, 2.24) is 16.0 Å². The first kappa shape index (κ1) is 23.0. The standard InChI is InChI=1S/C21H31ClN4O3/c1-13(2)24-20(28)15-6-4-7-16(12-15)25-21(29)23-11-10-19(27)26-18-9-5-8-17(22)14(18)3/h5,8-9,13,15-16H,4,6-7,10-12H2,1-3H3,(H,24,28)(H,26,27)(H2,23,25,29). The molecule has 1 aliphatic carbocycles. The first-order valence-electron chi connectivity index (χ1n) is 10.2. The van der Waals surface area contributed by atoms with Gasteiger partial charge in [-0.3, -0.25) is 9.59 Å². The topological polar surface area (TPSA) is 99.3 Å². The lowest BCUT2D eigenvalue weighted by atomic mass is 9.85. The van der Waals surface area contributed by atoms with Crippen molar-refractivity contribution in [3.05, 3.63) is 28.8 Å². The van der Waals surface area contributed by atoms with Crippen LogP contribution in [-0.4, -0.2) is 36.5 Å². The van der Waals surface area contributed by atoms with Gasteiger partial charge in [-0.05, 0) is 57.7 Å². The summed E-state index contributed by atoms with van der Waals surface area (Å²) in [5.74, 6) is -0.207. The molecule has 0 aromatic heterocycles. The van der Waals surface area contributed by atoms with Crippen LogP contribution in [0.1, 0.15) is 51.5 Å². The van der Waals surface area contributed by atoms with Crippen molar-refractivity contribution >= 4 is 35.1 Å². The minimum absolute atomic E-state index is 0.0328. The molecule has 7 nitrogen and oxygen atoms in total. The zero-order chi connectivity index (χ0) is 21.4. The molecule has 4 N–H and O–H groups in total. The number of anilines is 1. The quantitative estimate of drug-likeness (QED) is 0.542. The average molecular weight is 423 g/mol. The summed E-state index contributed by atoms with van der Waals surface area (Å²) < 4.78 is 0. The maximum absolute atomic E-state index is 12.2. The molecule has 0 heterocycles. The van der Waals surface area contributed by atoms with E-state index in [1.165, 1.54) is 0 Å². The molecule has 1 aromatic carbocycles. The van der Waals surface area contributed by atoms with Crippen LogP contribution in [0.15, 0.2) is 18.2 Å². The first-order valence-corrected chi connectivity index (χ1v) is 10.5. The maximum atomic E-state index is 12.2. The van der Waals surface area contributed by atoms with E-state index in [1.54, 1.807) is 18.2 Å². The van der Waals surface area contributed by atoms with E-state index >= 15 is 0 Å². The van der Waals surface area contributed by atoms with Crippen LogP contribution >= 0.6 is 11.6 Å². The van der Waals surface area contributed by atoms with Gasteiger partial charge in [0.25, 0.3) is 0 Å². The summed E-state index contributed by atoms with van der Waals surface area (Å²) in [4.78, 5) is 36.4. The molecule has 1 fully saturated rings. The zero-order valence-electron chi connectivity index (χ0n) is 17.3. The summed E-state index contributed by atoms with van der Waals surface area (Å²) in [7, 11) is 0. The molecule has 0 spiro atoms. The Hall–Kier alpha value is -2.28. The molecule has 1 aliphatic rings. The third-order valence-electron chi connectivity index (χ3n) is 4.99. The lowest BCUT2D eigenvalue weighted by Crippen LogP contribution is -2.47. The largest absolute Gasteiger partial charge is 0.354 e. The van der Waals surface area contributed by atoms with Crippen molar-refractivity contribution in [2.24, 2.45) is 5.92 Å². The van der Waals surface area contributed by atoms with Gasteiger partial charge in [-0.2, -0.15) is 0 Å². The van der Waals surface area contributed by atoms with Gasteiger partial charge in [0.2, 0.25) is 11.8 Å². The van der Waals surface area contributed by atoms with Crippen LogP contribution in [0.25, 0.3) is 0 Å². The van der Waals surface area contributed by atoms with E-state index in [0.29, 0.717) is 17.1 Å². The molecule has 2 rings (SSSR count). The number of halogens is 1. The highest BCUT2D eigenvalue weighted by Gasteiger charge is 2.28. The fourth-order valence-corrected chi connectivity index (χ4v) is 3.62. The summed E-state index contributed by atoms with van der Waals surface area (Å²) in [5, 5.41) is 12.0. The molecule has 8 heteroatoms. The number of carbonyl (C=O) groups is 3. The van der Waals surface area contributed by atoms with Crippen LogP contribution in [-0.2, 0) is 9.59 Å². The lowest BCUT2D eigenvalue weighted by Gasteiger charge is -2.29. The molecule has 1 saturated carbocycles. The predicted molar refractivity (Wildman–Crippen MR) is 115 cm³/mol. The molecule has 0 saturated heterocycles. The Balaban J connectivity index is 1.70. The molecule has 0 bridgehead atoms. The molecule has 1 aromatic rings. The smallest absolute Gasteiger partial charge is 0.315 e. The number of amides is 4. The average Bonchev–Trinajstić information content (AvgIpc) is 2.65. The van der Waals surface area contributed by atoms with E-state index in [2.05, 4.69) is 21.3 Å². The van der Waals surface area contributed by atoms with Gasteiger partial charge in [0.15, 0.2) is 0 Å².